The van der Waals surface area contributed by atoms with Crippen molar-refractivity contribution in [1.82, 2.24) is 10.6 Å². The van der Waals surface area contributed by atoms with Crippen LogP contribution in [0.3, 0.4) is 0 Å². The van der Waals surface area contributed by atoms with Crippen LogP contribution in [0.15, 0.2) is 0 Å². The second-order valence-corrected chi connectivity index (χ2v) is 6.72. The average molecular weight is 266 g/mol. The van der Waals surface area contributed by atoms with Crippen molar-refractivity contribution < 1.29 is 4.79 Å². The van der Waals surface area contributed by atoms with Crippen molar-refractivity contribution in [3.05, 3.63) is 0 Å². The molecular formula is C16H30N2O. The van der Waals surface area contributed by atoms with Crippen molar-refractivity contribution in [3.63, 3.8) is 0 Å². The van der Waals surface area contributed by atoms with E-state index in [-0.39, 0.29) is 11.4 Å². The maximum Gasteiger partial charge on any atom is 0.240 e. The normalized spacial score (nSPS) is 35.9. The molecule has 2 rings (SSSR count). The molecule has 1 heterocycles. The zero-order valence-electron chi connectivity index (χ0n) is 12.6. The smallest absolute Gasteiger partial charge is 0.240 e. The number of rotatable bonds is 4. The predicted octanol–water partition coefficient (Wildman–Crippen LogP) is 2.85. The number of carbonyl (C=O) groups excluding carboxylic acids is 1. The molecule has 0 aromatic rings. The van der Waals surface area contributed by atoms with Gasteiger partial charge in [0.25, 0.3) is 0 Å². The molecule has 19 heavy (non-hydrogen) atoms. The Morgan fingerprint density at radius 2 is 1.89 bits per heavy atom. The molecule has 0 aromatic carbocycles. The minimum atomic E-state index is -0.321. The van der Waals surface area contributed by atoms with Crippen LogP contribution in [-0.2, 0) is 4.79 Å². The van der Waals surface area contributed by atoms with E-state index in [1.165, 1.54) is 44.9 Å². The molecule has 0 aromatic heterocycles. The topological polar surface area (TPSA) is 41.1 Å². The van der Waals surface area contributed by atoms with Gasteiger partial charge in [0.2, 0.25) is 5.91 Å². The molecule has 1 aliphatic heterocycles. The molecule has 0 bridgehead atoms. The van der Waals surface area contributed by atoms with Crippen molar-refractivity contribution in [3.8, 4) is 0 Å². The Labute approximate surface area is 117 Å². The largest absolute Gasteiger partial charge is 0.354 e. The highest BCUT2D eigenvalue weighted by molar-refractivity contribution is 5.85. The van der Waals surface area contributed by atoms with E-state index in [4.69, 9.17) is 0 Å². The van der Waals surface area contributed by atoms with Gasteiger partial charge in [-0.2, -0.15) is 0 Å². The molecule has 2 aliphatic rings. The first-order chi connectivity index (χ1) is 9.14. The van der Waals surface area contributed by atoms with Gasteiger partial charge in [-0.05, 0) is 57.4 Å². The number of nitrogens with one attached hydrogen (secondary N) is 2. The highest BCUT2D eigenvalue weighted by Crippen LogP contribution is 2.30. The quantitative estimate of drug-likeness (QED) is 0.821. The number of hydrogen-bond acceptors (Lipinski definition) is 2. The summed E-state index contributed by atoms with van der Waals surface area (Å²) in [6.45, 7) is 6.20. The lowest BCUT2D eigenvalue weighted by Crippen LogP contribution is -2.57. The molecule has 1 saturated carbocycles. The van der Waals surface area contributed by atoms with E-state index in [0.29, 0.717) is 5.92 Å². The van der Waals surface area contributed by atoms with Crippen molar-refractivity contribution in [2.24, 2.45) is 11.8 Å². The zero-order chi connectivity index (χ0) is 13.7. The van der Waals surface area contributed by atoms with E-state index in [1.54, 1.807) is 0 Å². The average Bonchev–Trinajstić information content (AvgIpc) is 2.46. The van der Waals surface area contributed by atoms with Gasteiger partial charge >= 0.3 is 0 Å². The minimum Gasteiger partial charge on any atom is -0.354 e. The first-order valence-electron chi connectivity index (χ1n) is 8.17. The van der Waals surface area contributed by atoms with E-state index < -0.39 is 0 Å². The third-order valence-electron chi connectivity index (χ3n) is 5.21. The van der Waals surface area contributed by atoms with Crippen LogP contribution in [0, 0.1) is 11.8 Å². The van der Waals surface area contributed by atoms with Crippen LogP contribution in [0.5, 0.6) is 0 Å². The Morgan fingerprint density at radius 1 is 1.21 bits per heavy atom. The van der Waals surface area contributed by atoms with Gasteiger partial charge in [-0.15, -0.1) is 0 Å². The van der Waals surface area contributed by atoms with E-state index in [9.17, 15) is 4.79 Å². The van der Waals surface area contributed by atoms with Gasteiger partial charge in [0.1, 0.15) is 0 Å². The van der Waals surface area contributed by atoms with Crippen LogP contribution in [0.2, 0.25) is 0 Å². The Balaban J connectivity index is 1.71. The van der Waals surface area contributed by atoms with Crippen LogP contribution in [0.25, 0.3) is 0 Å². The third kappa shape index (κ3) is 3.95. The molecule has 0 spiro atoms. The molecule has 3 heteroatoms. The van der Waals surface area contributed by atoms with Crippen molar-refractivity contribution >= 4 is 5.91 Å². The van der Waals surface area contributed by atoms with Crippen LogP contribution >= 0.6 is 0 Å². The van der Waals surface area contributed by atoms with Gasteiger partial charge < -0.3 is 10.6 Å². The fourth-order valence-corrected chi connectivity index (χ4v) is 3.53. The minimum absolute atomic E-state index is 0.213. The number of amides is 1. The first-order valence-corrected chi connectivity index (χ1v) is 8.17. The van der Waals surface area contributed by atoms with Gasteiger partial charge in [-0.1, -0.05) is 26.2 Å². The molecule has 2 fully saturated rings. The Hall–Kier alpha value is -0.570. The SMILES string of the molecule is CCC1CCC(CNC(=O)C2(C)CCCCN2)CC1. The summed E-state index contributed by atoms with van der Waals surface area (Å²) in [5, 5.41) is 6.58. The molecular weight excluding hydrogens is 236 g/mol. The Bertz CT molecular complexity index is 289. The van der Waals surface area contributed by atoms with Crippen molar-refractivity contribution in [1.29, 1.82) is 0 Å². The molecule has 1 aliphatic carbocycles. The summed E-state index contributed by atoms with van der Waals surface area (Å²) in [6.07, 6.45) is 9.95. The van der Waals surface area contributed by atoms with E-state index >= 15 is 0 Å². The third-order valence-corrected chi connectivity index (χ3v) is 5.21. The monoisotopic (exact) mass is 266 g/mol. The maximum atomic E-state index is 12.3. The molecule has 2 N–H and O–H groups in total. The molecule has 1 unspecified atom stereocenters. The first kappa shape index (κ1) is 14.8. The highest BCUT2D eigenvalue weighted by atomic mass is 16.2. The molecule has 110 valence electrons. The van der Waals surface area contributed by atoms with Crippen LogP contribution in [0.1, 0.15) is 65.2 Å². The lowest BCUT2D eigenvalue weighted by atomic mass is 9.80. The standard InChI is InChI=1S/C16H30N2O/c1-3-13-6-8-14(9-7-13)12-17-15(19)16(2)10-4-5-11-18-16/h13-14,18H,3-12H2,1-2H3,(H,17,19). The predicted molar refractivity (Wildman–Crippen MR) is 79.0 cm³/mol. The van der Waals surface area contributed by atoms with Crippen LogP contribution in [0.4, 0.5) is 0 Å². The second kappa shape index (κ2) is 6.74. The summed E-state index contributed by atoms with van der Waals surface area (Å²) in [5.41, 5.74) is -0.321. The Kier molecular flexibility index (Phi) is 5.26. The summed E-state index contributed by atoms with van der Waals surface area (Å²) >= 11 is 0. The van der Waals surface area contributed by atoms with Gasteiger partial charge in [0, 0.05) is 6.54 Å². The zero-order valence-corrected chi connectivity index (χ0v) is 12.6. The molecule has 1 atom stereocenters. The summed E-state index contributed by atoms with van der Waals surface area (Å²) in [7, 11) is 0. The van der Waals surface area contributed by atoms with Crippen LogP contribution < -0.4 is 10.6 Å². The lowest BCUT2D eigenvalue weighted by Gasteiger charge is -2.34. The summed E-state index contributed by atoms with van der Waals surface area (Å²) in [6, 6.07) is 0. The molecule has 1 saturated heterocycles. The number of hydrogen-bond donors (Lipinski definition) is 2. The fraction of sp³-hybridized carbons (Fsp3) is 0.938. The van der Waals surface area contributed by atoms with E-state index in [1.807, 2.05) is 0 Å². The van der Waals surface area contributed by atoms with Gasteiger partial charge in [-0.25, -0.2) is 0 Å². The van der Waals surface area contributed by atoms with Gasteiger partial charge in [0.05, 0.1) is 5.54 Å². The summed E-state index contributed by atoms with van der Waals surface area (Å²) in [5.74, 6) is 1.85. The molecule has 1 amide bonds. The highest BCUT2D eigenvalue weighted by Gasteiger charge is 2.34. The molecule has 0 radical (unpaired) electrons. The van der Waals surface area contributed by atoms with Crippen molar-refractivity contribution in [2.45, 2.75) is 70.8 Å². The summed E-state index contributed by atoms with van der Waals surface area (Å²) in [4.78, 5) is 12.3. The van der Waals surface area contributed by atoms with E-state index in [0.717, 1.165) is 25.4 Å². The maximum absolute atomic E-state index is 12.3. The van der Waals surface area contributed by atoms with Gasteiger partial charge in [-0.3, -0.25) is 4.79 Å². The Morgan fingerprint density at radius 3 is 2.47 bits per heavy atom. The van der Waals surface area contributed by atoms with Gasteiger partial charge in [0.15, 0.2) is 0 Å². The van der Waals surface area contributed by atoms with E-state index in [2.05, 4.69) is 24.5 Å². The van der Waals surface area contributed by atoms with Crippen molar-refractivity contribution in [2.75, 3.05) is 13.1 Å². The fourth-order valence-electron chi connectivity index (χ4n) is 3.53. The lowest BCUT2D eigenvalue weighted by molar-refractivity contribution is -0.128. The summed E-state index contributed by atoms with van der Waals surface area (Å²) < 4.78 is 0. The molecule has 3 nitrogen and oxygen atoms in total. The number of piperidine rings is 1. The number of carbonyl (C=O) groups is 1. The van der Waals surface area contributed by atoms with Crippen LogP contribution in [-0.4, -0.2) is 24.5 Å². The second-order valence-electron chi connectivity index (χ2n) is 6.72.